The summed E-state index contributed by atoms with van der Waals surface area (Å²) in [5.41, 5.74) is -0.518. The predicted octanol–water partition coefficient (Wildman–Crippen LogP) is 0.158. The zero-order valence-electron chi connectivity index (χ0n) is 10.3. The molecule has 0 spiro atoms. The maximum Gasteiger partial charge on any atom is 0.248 e. The van der Waals surface area contributed by atoms with Gasteiger partial charge in [0.05, 0.1) is 0 Å². The largest absolute Gasteiger partial charge is 0.396 e. The van der Waals surface area contributed by atoms with Gasteiger partial charge in [-0.05, 0) is 19.3 Å². The number of aliphatic hydroxyl groups is 1. The Balaban J connectivity index is 2.75. The van der Waals surface area contributed by atoms with E-state index in [1.54, 1.807) is 0 Å². The van der Waals surface area contributed by atoms with Crippen molar-refractivity contribution in [3.63, 3.8) is 0 Å². The van der Waals surface area contributed by atoms with Gasteiger partial charge in [-0.25, -0.2) is 12.7 Å². The molecule has 0 radical (unpaired) electrons. The highest BCUT2D eigenvalue weighted by Crippen LogP contribution is 2.09. The van der Waals surface area contributed by atoms with Crippen LogP contribution in [0.5, 0.6) is 0 Å². The maximum absolute atomic E-state index is 12.1. The van der Waals surface area contributed by atoms with Crippen LogP contribution in [0.4, 0.5) is 0 Å². The van der Waals surface area contributed by atoms with Gasteiger partial charge in [0, 0.05) is 38.7 Å². The van der Waals surface area contributed by atoms with Gasteiger partial charge in [0.2, 0.25) is 15.5 Å². The summed E-state index contributed by atoms with van der Waals surface area (Å²) in [6, 6.07) is 1.19. The number of hydrogen-bond donors (Lipinski definition) is 2. The van der Waals surface area contributed by atoms with Crippen LogP contribution in [0.15, 0.2) is 28.2 Å². The van der Waals surface area contributed by atoms with Gasteiger partial charge in [0.15, 0.2) is 0 Å². The molecule has 1 rings (SSSR count). The molecular formula is C11H18N2O4S. The average Bonchev–Trinajstić information content (AvgIpc) is 2.34. The summed E-state index contributed by atoms with van der Waals surface area (Å²) < 4.78 is 25.3. The molecule has 0 saturated carbocycles. The number of pyridine rings is 1. The van der Waals surface area contributed by atoms with Crippen molar-refractivity contribution >= 4 is 10.0 Å². The molecule has 18 heavy (non-hydrogen) atoms. The Kier molecular flexibility index (Phi) is 5.52. The Morgan fingerprint density at radius 2 is 2.06 bits per heavy atom. The quantitative estimate of drug-likeness (QED) is 0.693. The van der Waals surface area contributed by atoms with Crippen molar-refractivity contribution in [2.45, 2.75) is 24.2 Å². The van der Waals surface area contributed by atoms with Crippen LogP contribution in [0, 0.1) is 0 Å². The Morgan fingerprint density at radius 1 is 1.33 bits per heavy atom. The van der Waals surface area contributed by atoms with Crippen LogP contribution in [0.3, 0.4) is 0 Å². The lowest BCUT2D eigenvalue weighted by Gasteiger charge is -2.16. The molecule has 1 heterocycles. The standard InChI is InChI=1S/C11H18N2O4S/c1-13(7-3-2-4-8-14)18(16,17)11-9-12-6-5-10(11)15/h5-6,9,14H,2-4,7-8H2,1H3,(H,12,15). The average molecular weight is 274 g/mol. The monoisotopic (exact) mass is 274 g/mol. The first kappa shape index (κ1) is 14.9. The van der Waals surface area contributed by atoms with E-state index in [0.29, 0.717) is 19.4 Å². The first-order valence-electron chi connectivity index (χ1n) is 5.74. The summed E-state index contributed by atoms with van der Waals surface area (Å²) in [6.45, 7) is 0.436. The summed E-state index contributed by atoms with van der Waals surface area (Å²) in [6.07, 6.45) is 4.65. The number of rotatable bonds is 7. The summed E-state index contributed by atoms with van der Waals surface area (Å²) in [5.74, 6) is 0. The third-order valence-electron chi connectivity index (χ3n) is 2.61. The molecule has 0 saturated heterocycles. The SMILES string of the molecule is CN(CCCCCO)S(=O)(=O)c1c[nH]ccc1=O. The molecule has 0 bridgehead atoms. The summed E-state index contributed by atoms with van der Waals surface area (Å²) >= 11 is 0. The molecule has 0 aliphatic carbocycles. The van der Waals surface area contributed by atoms with E-state index in [4.69, 9.17) is 5.11 Å². The van der Waals surface area contributed by atoms with Crippen LogP contribution < -0.4 is 5.43 Å². The third-order valence-corrected chi connectivity index (χ3v) is 4.49. The number of aromatic nitrogens is 1. The summed E-state index contributed by atoms with van der Waals surface area (Å²) in [7, 11) is -2.28. The second-order valence-electron chi connectivity index (χ2n) is 3.98. The fourth-order valence-corrected chi connectivity index (χ4v) is 2.76. The third kappa shape index (κ3) is 3.66. The second-order valence-corrected chi connectivity index (χ2v) is 6.00. The zero-order chi connectivity index (χ0) is 13.6. The van der Waals surface area contributed by atoms with Crippen molar-refractivity contribution in [3.8, 4) is 0 Å². The summed E-state index contributed by atoms with van der Waals surface area (Å²) in [4.78, 5) is 13.8. The summed E-state index contributed by atoms with van der Waals surface area (Å²) in [5, 5.41) is 8.63. The van der Waals surface area contributed by atoms with Crippen LogP contribution in [0.2, 0.25) is 0 Å². The zero-order valence-corrected chi connectivity index (χ0v) is 11.1. The number of hydrogen-bond acceptors (Lipinski definition) is 4. The van der Waals surface area contributed by atoms with E-state index >= 15 is 0 Å². The van der Waals surface area contributed by atoms with Crippen molar-refractivity contribution in [3.05, 3.63) is 28.7 Å². The van der Waals surface area contributed by atoms with Gasteiger partial charge in [-0.15, -0.1) is 0 Å². The molecule has 0 aliphatic rings. The smallest absolute Gasteiger partial charge is 0.248 e. The van der Waals surface area contributed by atoms with E-state index in [0.717, 1.165) is 10.7 Å². The minimum absolute atomic E-state index is 0.106. The van der Waals surface area contributed by atoms with Crippen LogP contribution in [0.1, 0.15) is 19.3 Å². The van der Waals surface area contributed by atoms with Gasteiger partial charge < -0.3 is 10.1 Å². The Hall–Kier alpha value is -1.18. The molecule has 7 heteroatoms. The van der Waals surface area contributed by atoms with E-state index in [9.17, 15) is 13.2 Å². The molecule has 1 aromatic rings. The molecule has 0 aliphatic heterocycles. The second kappa shape index (κ2) is 6.67. The van der Waals surface area contributed by atoms with Crippen molar-refractivity contribution in [1.82, 2.24) is 9.29 Å². The van der Waals surface area contributed by atoms with E-state index in [2.05, 4.69) is 4.98 Å². The highest BCUT2D eigenvalue weighted by molar-refractivity contribution is 7.89. The van der Waals surface area contributed by atoms with E-state index in [1.165, 1.54) is 25.5 Å². The normalized spacial score (nSPS) is 11.9. The molecule has 0 fully saturated rings. The Morgan fingerprint density at radius 3 is 2.67 bits per heavy atom. The number of aliphatic hydroxyl groups excluding tert-OH is 1. The number of aromatic amines is 1. The topological polar surface area (TPSA) is 90.5 Å². The molecule has 6 nitrogen and oxygen atoms in total. The van der Waals surface area contributed by atoms with Crippen LogP contribution >= 0.6 is 0 Å². The molecule has 0 aromatic carbocycles. The number of nitrogens with zero attached hydrogens (tertiary/aromatic N) is 1. The Labute approximate surface area is 106 Å². The van der Waals surface area contributed by atoms with Crippen LogP contribution in [-0.2, 0) is 10.0 Å². The van der Waals surface area contributed by atoms with E-state index in [-0.39, 0.29) is 11.5 Å². The van der Waals surface area contributed by atoms with Crippen LogP contribution in [0.25, 0.3) is 0 Å². The van der Waals surface area contributed by atoms with Gasteiger partial charge in [0.25, 0.3) is 0 Å². The molecule has 0 atom stereocenters. The minimum Gasteiger partial charge on any atom is -0.396 e. The minimum atomic E-state index is -3.73. The highest BCUT2D eigenvalue weighted by Gasteiger charge is 2.22. The lowest BCUT2D eigenvalue weighted by atomic mass is 10.2. The number of nitrogens with one attached hydrogen (secondary N) is 1. The van der Waals surface area contributed by atoms with Crippen molar-refractivity contribution in [2.24, 2.45) is 0 Å². The fourth-order valence-electron chi connectivity index (χ4n) is 1.51. The molecule has 1 aromatic heterocycles. The van der Waals surface area contributed by atoms with Gasteiger partial charge in [-0.1, -0.05) is 0 Å². The molecular weight excluding hydrogens is 256 g/mol. The van der Waals surface area contributed by atoms with Crippen molar-refractivity contribution in [1.29, 1.82) is 0 Å². The lowest BCUT2D eigenvalue weighted by molar-refractivity contribution is 0.281. The number of unbranched alkanes of at least 4 members (excludes halogenated alkanes) is 2. The van der Waals surface area contributed by atoms with Crippen molar-refractivity contribution < 1.29 is 13.5 Å². The predicted molar refractivity (Wildman–Crippen MR) is 67.8 cm³/mol. The molecule has 2 N–H and O–H groups in total. The number of sulfonamides is 1. The first-order chi connectivity index (χ1) is 8.50. The molecule has 0 unspecified atom stereocenters. The maximum atomic E-state index is 12.1. The first-order valence-corrected chi connectivity index (χ1v) is 7.18. The van der Waals surface area contributed by atoms with Crippen LogP contribution in [-0.4, -0.2) is 43.0 Å². The lowest BCUT2D eigenvalue weighted by Crippen LogP contribution is -2.31. The fraction of sp³-hybridized carbons (Fsp3) is 0.545. The van der Waals surface area contributed by atoms with Gasteiger partial charge in [-0.2, -0.15) is 0 Å². The van der Waals surface area contributed by atoms with Gasteiger partial charge in [0.1, 0.15) is 4.90 Å². The van der Waals surface area contributed by atoms with Gasteiger partial charge >= 0.3 is 0 Å². The van der Waals surface area contributed by atoms with Gasteiger partial charge in [-0.3, -0.25) is 4.79 Å². The highest BCUT2D eigenvalue weighted by atomic mass is 32.2. The van der Waals surface area contributed by atoms with E-state index < -0.39 is 15.5 Å². The van der Waals surface area contributed by atoms with E-state index in [1.807, 2.05) is 0 Å². The van der Waals surface area contributed by atoms with Crippen molar-refractivity contribution in [2.75, 3.05) is 20.2 Å². The Bertz CT molecular complexity index is 524. The molecule has 0 amide bonds. The number of H-pyrrole nitrogens is 1. The molecule has 102 valence electrons.